The third kappa shape index (κ3) is 5.10. The van der Waals surface area contributed by atoms with Crippen LogP contribution in [0.15, 0.2) is 29.8 Å². The van der Waals surface area contributed by atoms with Gasteiger partial charge in [0.25, 0.3) is 0 Å². The predicted octanol–water partition coefficient (Wildman–Crippen LogP) is 4.78. The minimum Gasteiger partial charge on any atom is -0.508 e. The second kappa shape index (κ2) is 7.84. The molecule has 0 saturated heterocycles. The van der Waals surface area contributed by atoms with Gasteiger partial charge in [0.05, 0.1) is 12.7 Å². The third-order valence-electron chi connectivity index (χ3n) is 4.59. The molecule has 1 fully saturated rings. The second-order valence-electron chi connectivity index (χ2n) is 7.45. The number of hydrogen-bond acceptors (Lipinski definition) is 3. The minimum absolute atomic E-state index is 0.0842. The van der Waals surface area contributed by atoms with Crippen LogP contribution < -0.4 is 5.32 Å². The molecule has 24 heavy (non-hydrogen) atoms. The third-order valence-corrected chi connectivity index (χ3v) is 4.59. The predicted molar refractivity (Wildman–Crippen MR) is 97.0 cm³/mol. The lowest BCUT2D eigenvalue weighted by Gasteiger charge is -2.32. The van der Waals surface area contributed by atoms with E-state index in [1.807, 2.05) is 13.8 Å². The van der Waals surface area contributed by atoms with Crippen LogP contribution in [-0.2, 0) is 16.1 Å². The van der Waals surface area contributed by atoms with Gasteiger partial charge < -0.3 is 15.2 Å². The maximum Gasteiger partial charge on any atom is 0.248 e. The van der Waals surface area contributed by atoms with Crippen LogP contribution in [-0.4, -0.2) is 17.1 Å². The van der Waals surface area contributed by atoms with E-state index in [9.17, 15) is 9.90 Å². The summed E-state index contributed by atoms with van der Waals surface area (Å²) in [5.41, 5.74) is 2.66. The van der Waals surface area contributed by atoms with Crippen molar-refractivity contribution in [1.82, 2.24) is 0 Å². The van der Waals surface area contributed by atoms with Gasteiger partial charge in [0.1, 0.15) is 5.75 Å². The number of carbonyl (C=O) groups excluding carboxylic acids is 1. The molecule has 4 heteroatoms. The number of amides is 1. The monoisotopic (exact) mass is 331 g/mol. The van der Waals surface area contributed by atoms with Gasteiger partial charge in [-0.25, -0.2) is 0 Å². The first-order chi connectivity index (χ1) is 11.3. The molecule has 1 aliphatic rings. The van der Waals surface area contributed by atoms with Crippen LogP contribution in [0.3, 0.4) is 0 Å². The Hall–Kier alpha value is -1.81. The zero-order valence-electron chi connectivity index (χ0n) is 15.2. The molecule has 0 radical (unpaired) electrons. The van der Waals surface area contributed by atoms with Crippen LogP contribution in [0, 0.1) is 5.41 Å². The SMILES string of the molecule is CC(C)OCc1cc(NC(=O)C=C2CCCCC2(C)C)ccc1O. The Kier molecular flexibility index (Phi) is 6.05. The fourth-order valence-electron chi connectivity index (χ4n) is 3.02. The fourth-order valence-corrected chi connectivity index (χ4v) is 3.02. The second-order valence-corrected chi connectivity index (χ2v) is 7.45. The van der Waals surface area contributed by atoms with Crippen molar-refractivity contribution in [3.63, 3.8) is 0 Å². The maximum absolute atomic E-state index is 12.3. The lowest BCUT2D eigenvalue weighted by Crippen LogP contribution is -2.21. The molecule has 0 atom stereocenters. The first kappa shape index (κ1) is 18.5. The van der Waals surface area contributed by atoms with Crippen molar-refractivity contribution in [2.24, 2.45) is 5.41 Å². The smallest absolute Gasteiger partial charge is 0.248 e. The van der Waals surface area contributed by atoms with Gasteiger partial charge in [0.15, 0.2) is 0 Å². The highest BCUT2D eigenvalue weighted by Gasteiger charge is 2.26. The van der Waals surface area contributed by atoms with Gasteiger partial charge in [-0.05, 0) is 56.7 Å². The van der Waals surface area contributed by atoms with Crippen molar-refractivity contribution < 1.29 is 14.6 Å². The van der Waals surface area contributed by atoms with Gasteiger partial charge >= 0.3 is 0 Å². The molecule has 132 valence electrons. The Morgan fingerprint density at radius 3 is 2.79 bits per heavy atom. The van der Waals surface area contributed by atoms with Gasteiger partial charge in [0.2, 0.25) is 5.91 Å². The highest BCUT2D eigenvalue weighted by Crippen LogP contribution is 2.39. The number of hydrogen-bond donors (Lipinski definition) is 2. The Labute approximate surface area is 144 Å². The lowest BCUT2D eigenvalue weighted by atomic mass is 9.73. The van der Waals surface area contributed by atoms with Crippen molar-refractivity contribution >= 4 is 11.6 Å². The molecule has 1 amide bonds. The molecule has 1 saturated carbocycles. The van der Waals surface area contributed by atoms with Crippen molar-refractivity contribution in [3.05, 3.63) is 35.4 Å². The summed E-state index contributed by atoms with van der Waals surface area (Å²) in [7, 11) is 0. The summed E-state index contributed by atoms with van der Waals surface area (Å²) >= 11 is 0. The molecular weight excluding hydrogens is 302 g/mol. The van der Waals surface area contributed by atoms with Crippen molar-refractivity contribution in [1.29, 1.82) is 0 Å². The summed E-state index contributed by atoms with van der Waals surface area (Å²) < 4.78 is 5.53. The Bertz CT molecular complexity index is 617. The van der Waals surface area contributed by atoms with Crippen LogP contribution in [0.5, 0.6) is 5.75 Å². The number of ether oxygens (including phenoxy) is 1. The van der Waals surface area contributed by atoms with Crippen LogP contribution in [0.1, 0.15) is 58.9 Å². The average Bonchev–Trinajstić information content (AvgIpc) is 2.49. The summed E-state index contributed by atoms with van der Waals surface area (Å²) in [6.07, 6.45) is 6.32. The van der Waals surface area contributed by atoms with E-state index in [4.69, 9.17) is 4.74 Å². The quantitative estimate of drug-likeness (QED) is 0.603. The molecule has 1 aromatic carbocycles. The summed E-state index contributed by atoms with van der Waals surface area (Å²) in [5.74, 6) is 0.0711. The molecule has 0 bridgehead atoms. The zero-order chi connectivity index (χ0) is 17.7. The highest BCUT2D eigenvalue weighted by atomic mass is 16.5. The van der Waals surface area contributed by atoms with E-state index in [0.29, 0.717) is 17.9 Å². The Morgan fingerprint density at radius 1 is 1.38 bits per heavy atom. The van der Waals surface area contributed by atoms with Crippen LogP contribution in [0.2, 0.25) is 0 Å². The van der Waals surface area contributed by atoms with Crippen LogP contribution in [0.25, 0.3) is 0 Å². The van der Waals surface area contributed by atoms with E-state index in [1.54, 1.807) is 24.3 Å². The minimum atomic E-state index is -0.110. The topological polar surface area (TPSA) is 58.6 Å². The fraction of sp³-hybridized carbons (Fsp3) is 0.550. The lowest BCUT2D eigenvalue weighted by molar-refractivity contribution is -0.112. The van der Waals surface area contributed by atoms with E-state index in [0.717, 1.165) is 19.3 Å². The maximum atomic E-state index is 12.3. The standard InChI is InChI=1S/C20H29NO3/c1-14(2)24-13-15-11-17(8-9-18(15)22)21-19(23)12-16-7-5-6-10-20(16,3)4/h8-9,11-12,14,22H,5-7,10,13H2,1-4H3,(H,21,23). The first-order valence-corrected chi connectivity index (χ1v) is 8.73. The molecule has 2 rings (SSSR count). The number of rotatable bonds is 5. The number of carbonyl (C=O) groups is 1. The number of benzene rings is 1. The zero-order valence-corrected chi connectivity index (χ0v) is 15.2. The number of allylic oxidation sites excluding steroid dienone is 1. The van der Waals surface area contributed by atoms with Gasteiger partial charge in [-0.1, -0.05) is 25.8 Å². The van der Waals surface area contributed by atoms with Crippen molar-refractivity contribution in [2.75, 3.05) is 5.32 Å². The van der Waals surface area contributed by atoms with E-state index < -0.39 is 0 Å². The van der Waals surface area contributed by atoms with Gasteiger partial charge in [-0.3, -0.25) is 4.79 Å². The molecule has 1 aliphatic carbocycles. The first-order valence-electron chi connectivity index (χ1n) is 8.73. The van der Waals surface area contributed by atoms with Crippen molar-refractivity contribution in [2.45, 2.75) is 66.1 Å². The number of nitrogens with one attached hydrogen (secondary N) is 1. The van der Waals surface area contributed by atoms with E-state index >= 15 is 0 Å². The molecular formula is C20H29NO3. The highest BCUT2D eigenvalue weighted by molar-refractivity contribution is 6.00. The van der Waals surface area contributed by atoms with Gasteiger partial charge in [-0.2, -0.15) is 0 Å². The number of phenolic OH excluding ortho intramolecular Hbond substituents is 1. The summed E-state index contributed by atoms with van der Waals surface area (Å²) in [4.78, 5) is 12.3. The Balaban J connectivity index is 2.07. The molecule has 0 heterocycles. The summed E-state index contributed by atoms with van der Waals surface area (Å²) in [5, 5.41) is 12.8. The summed E-state index contributed by atoms with van der Waals surface area (Å²) in [6, 6.07) is 5.06. The average molecular weight is 331 g/mol. The molecule has 0 aromatic heterocycles. The normalized spacial score (nSPS) is 18.8. The molecule has 2 N–H and O–H groups in total. The molecule has 0 unspecified atom stereocenters. The van der Waals surface area contributed by atoms with Crippen LogP contribution >= 0.6 is 0 Å². The van der Waals surface area contributed by atoms with Crippen LogP contribution in [0.4, 0.5) is 5.69 Å². The largest absolute Gasteiger partial charge is 0.508 e. The number of phenols is 1. The molecule has 1 aromatic rings. The van der Waals surface area contributed by atoms with E-state index in [1.165, 1.54) is 12.0 Å². The molecule has 0 aliphatic heterocycles. The summed E-state index contributed by atoms with van der Waals surface area (Å²) in [6.45, 7) is 8.61. The van der Waals surface area contributed by atoms with Crippen molar-refractivity contribution in [3.8, 4) is 5.75 Å². The number of aromatic hydroxyl groups is 1. The van der Waals surface area contributed by atoms with E-state index in [2.05, 4.69) is 19.2 Å². The number of anilines is 1. The molecule has 0 spiro atoms. The van der Waals surface area contributed by atoms with E-state index in [-0.39, 0.29) is 23.2 Å². The Morgan fingerprint density at radius 2 is 2.12 bits per heavy atom. The van der Waals surface area contributed by atoms with Gasteiger partial charge in [0, 0.05) is 17.3 Å². The molecule has 4 nitrogen and oxygen atoms in total. The van der Waals surface area contributed by atoms with Gasteiger partial charge in [-0.15, -0.1) is 0 Å².